The summed E-state index contributed by atoms with van der Waals surface area (Å²) in [4.78, 5) is 15.0. The van der Waals surface area contributed by atoms with Gasteiger partial charge in [0.05, 0.1) is 10.6 Å². The SMILES string of the molecule is O=[N+]([O-])c1cccc2ccc(C=Cc3ccccc3)nc12. The molecule has 3 rings (SSSR count). The van der Waals surface area contributed by atoms with E-state index in [9.17, 15) is 10.1 Å². The summed E-state index contributed by atoms with van der Waals surface area (Å²) < 4.78 is 0. The summed E-state index contributed by atoms with van der Waals surface area (Å²) in [6.45, 7) is 0. The number of hydrogen-bond donors (Lipinski definition) is 0. The molecule has 0 aliphatic rings. The van der Waals surface area contributed by atoms with Crippen LogP contribution in [0.5, 0.6) is 0 Å². The Morgan fingerprint density at radius 3 is 2.48 bits per heavy atom. The van der Waals surface area contributed by atoms with Crippen LogP contribution in [0.15, 0.2) is 60.7 Å². The standard InChI is InChI=1S/C17H12N2O2/c20-19(21)16-8-4-7-14-10-12-15(18-17(14)16)11-9-13-5-2-1-3-6-13/h1-12H. The second kappa shape index (κ2) is 5.54. The number of fused-ring (bicyclic) bond motifs is 1. The van der Waals surface area contributed by atoms with Gasteiger partial charge in [0.15, 0.2) is 0 Å². The minimum absolute atomic E-state index is 0.0301. The molecule has 0 bridgehead atoms. The van der Waals surface area contributed by atoms with Crippen molar-refractivity contribution in [3.8, 4) is 0 Å². The summed E-state index contributed by atoms with van der Waals surface area (Å²) in [6, 6.07) is 18.5. The van der Waals surface area contributed by atoms with Crippen molar-refractivity contribution in [2.75, 3.05) is 0 Å². The average molecular weight is 276 g/mol. The number of hydrogen-bond acceptors (Lipinski definition) is 3. The highest BCUT2D eigenvalue weighted by Crippen LogP contribution is 2.24. The third-order valence-corrected chi connectivity index (χ3v) is 3.16. The number of nitrogens with zero attached hydrogens (tertiary/aromatic N) is 2. The highest BCUT2D eigenvalue weighted by Gasteiger charge is 2.12. The average Bonchev–Trinajstić information content (AvgIpc) is 2.53. The van der Waals surface area contributed by atoms with Gasteiger partial charge in [-0.25, -0.2) is 4.98 Å². The third kappa shape index (κ3) is 2.79. The van der Waals surface area contributed by atoms with Gasteiger partial charge >= 0.3 is 0 Å². The fraction of sp³-hybridized carbons (Fsp3) is 0. The molecule has 1 aromatic heterocycles. The van der Waals surface area contributed by atoms with E-state index < -0.39 is 4.92 Å². The van der Waals surface area contributed by atoms with Gasteiger partial charge in [-0.3, -0.25) is 10.1 Å². The van der Waals surface area contributed by atoms with Gasteiger partial charge in [-0.1, -0.05) is 54.6 Å². The molecule has 3 aromatic rings. The summed E-state index contributed by atoms with van der Waals surface area (Å²) in [6.07, 6.45) is 3.79. The van der Waals surface area contributed by atoms with Gasteiger partial charge < -0.3 is 0 Å². The molecular formula is C17H12N2O2. The fourth-order valence-electron chi connectivity index (χ4n) is 2.13. The summed E-state index contributed by atoms with van der Waals surface area (Å²) in [7, 11) is 0. The van der Waals surface area contributed by atoms with Crippen molar-refractivity contribution in [2.45, 2.75) is 0 Å². The maximum absolute atomic E-state index is 11.1. The maximum Gasteiger partial charge on any atom is 0.295 e. The molecular weight excluding hydrogens is 264 g/mol. The summed E-state index contributed by atoms with van der Waals surface area (Å²) in [5.41, 5.74) is 2.20. The molecule has 0 saturated carbocycles. The molecule has 0 aliphatic carbocycles. The first-order valence-corrected chi connectivity index (χ1v) is 6.51. The van der Waals surface area contributed by atoms with Gasteiger partial charge in [0.1, 0.15) is 5.52 Å². The summed E-state index contributed by atoms with van der Waals surface area (Å²) in [5, 5.41) is 11.8. The number of rotatable bonds is 3. The van der Waals surface area contributed by atoms with Crippen molar-refractivity contribution < 1.29 is 4.92 Å². The predicted octanol–water partition coefficient (Wildman–Crippen LogP) is 4.31. The molecule has 21 heavy (non-hydrogen) atoms. The molecule has 2 aromatic carbocycles. The van der Waals surface area contributed by atoms with E-state index in [1.54, 1.807) is 6.07 Å². The van der Waals surface area contributed by atoms with Gasteiger partial charge in [-0.15, -0.1) is 0 Å². The molecule has 0 atom stereocenters. The van der Waals surface area contributed by atoms with Crippen LogP contribution in [0.1, 0.15) is 11.3 Å². The number of para-hydroxylation sites is 1. The summed E-state index contributed by atoms with van der Waals surface area (Å²) in [5.74, 6) is 0. The lowest BCUT2D eigenvalue weighted by Gasteiger charge is -2.00. The van der Waals surface area contributed by atoms with E-state index in [0.717, 1.165) is 10.9 Å². The monoisotopic (exact) mass is 276 g/mol. The predicted molar refractivity (Wildman–Crippen MR) is 83.8 cm³/mol. The van der Waals surface area contributed by atoms with E-state index in [-0.39, 0.29) is 5.69 Å². The maximum atomic E-state index is 11.1. The van der Waals surface area contributed by atoms with Crippen LogP contribution in [0.3, 0.4) is 0 Å². The molecule has 0 fully saturated rings. The Labute approximate surface area is 121 Å². The quantitative estimate of drug-likeness (QED) is 0.529. The molecule has 1 heterocycles. The molecule has 0 spiro atoms. The Morgan fingerprint density at radius 2 is 1.71 bits per heavy atom. The largest absolute Gasteiger partial charge is 0.295 e. The molecule has 0 unspecified atom stereocenters. The number of nitro groups is 1. The molecule has 0 amide bonds. The molecule has 0 aliphatic heterocycles. The van der Waals surface area contributed by atoms with E-state index in [1.807, 2.05) is 60.7 Å². The molecule has 4 nitrogen and oxygen atoms in total. The number of pyridine rings is 1. The van der Waals surface area contributed by atoms with Crippen molar-refractivity contribution >= 4 is 28.7 Å². The zero-order valence-corrected chi connectivity index (χ0v) is 11.1. The molecule has 102 valence electrons. The second-order valence-corrected chi connectivity index (χ2v) is 4.59. The smallest absolute Gasteiger partial charge is 0.258 e. The lowest BCUT2D eigenvalue weighted by atomic mass is 10.1. The van der Waals surface area contributed by atoms with E-state index in [2.05, 4.69) is 4.98 Å². The Hall–Kier alpha value is -3.01. The first kappa shape index (κ1) is 13.0. The second-order valence-electron chi connectivity index (χ2n) is 4.59. The minimum atomic E-state index is -0.403. The van der Waals surface area contributed by atoms with Crippen molar-refractivity contribution in [2.24, 2.45) is 0 Å². The zero-order chi connectivity index (χ0) is 14.7. The van der Waals surface area contributed by atoms with E-state index in [4.69, 9.17) is 0 Å². The lowest BCUT2D eigenvalue weighted by molar-refractivity contribution is -0.383. The van der Waals surface area contributed by atoms with Crippen LogP contribution in [0.25, 0.3) is 23.1 Å². The first-order valence-electron chi connectivity index (χ1n) is 6.51. The van der Waals surface area contributed by atoms with Gasteiger partial charge in [0.25, 0.3) is 5.69 Å². The van der Waals surface area contributed by atoms with Gasteiger partial charge in [0.2, 0.25) is 0 Å². The van der Waals surface area contributed by atoms with Gasteiger partial charge in [0, 0.05) is 11.5 Å². The highest BCUT2D eigenvalue weighted by molar-refractivity contribution is 5.88. The van der Waals surface area contributed by atoms with Gasteiger partial charge in [-0.2, -0.15) is 0 Å². The van der Waals surface area contributed by atoms with Crippen molar-refractivity contribution in [3.05, 3.63) is 82.0 Å². The van der Waals surface area contributed by atoms with Crippen molar-refractivity contribution in [1.29, 1.82) is 0 Å². The van der Waals surface area contributed by atoms with Crippen molar-refractivity contribution in [1.82, 2.24) is 4.98 Å². The van der Waals surface area contributed by atoms with Crippen molar-refractivity contribution in [3.63, 3.8) is 0 Å². The molecule has 0 N–H and O–H groups in total. The molecule has 0 saturated heterocycles. The molecule has 4 heteroatoms. The van der Waals surface area contributed by atoms with Crippen LogP contribution in [-0.4, -0.2) is 9.91 Å². The Morgan fingerprint density at radius 1 is 0.905 bits per heavy atom. The van der Waals surface area contributed by atoms with Crippen LogP contribution in [0, 0.1) is 10.1 Å². The Kier molecular flexibility index (Phi) is 3.43. The zero-order valence-electron chi connectivity index (χ0n) is 11.1. The lowest BCUT2D eigenvalue weighted by Crippen LogP contribution is -1.92. The number of benzene rings is 2. The van der Waals surface area contributed by atoms with E-state index >= 15 is 0 Å². The fourth-order valence-corrected chi connectivity index (χ4v) is 2.13. The normalized spacial score (nSPS) is 11.0. The van der Waals surface area contributed by atoms with Crippen LogP contribution < -0.4 is 0 Å². The highest BCUT2D eigenvalue weighted by atomic mass is 16.6. The summed E-state index contributed by atoms with van der Waals surface area (Å²) >= 11 is 0. The number of non-ortho nitro benzene ring substituents is 1. The minimum Gasteiger partial charge on any atom is -0.258 e. The van der Waals surface area contributed by atoms with E-state index in [1.165, 1.54) is 6.07 Å². The van der Waals surface area contributed by atoms with E-state index in [0.29, 0.717) is 11.2 Å². The van der Waals surface area contributed by atoms with Crippen LogP contribution >= 0.6 is 0 Å². The number of nitro benzene ring substituents is 1. The van der Waals surface area contributed by atoms with Crippen LogP contribution in [-0.2, 0) is 0 Å². The third-order valence-electron chi connectivity index (χ3n) is 3.16. The first-order chi connectivity index (χ1) is 10.2. The van der Waals surface area contributed by atoms with Crippen LogP contribution in [0.2, 0.25) is 0 Å². The van der Waals surface area contributed by atoms with Crippen LogP contribution in [0.4, 0.5) is 5.69 Å². The Balaban J connectivity index is 2.03. The topological polar surface area (TPSA) is 56.0 Å². The van der Waals surface area contributed by atoms with Gasteiger partial charge in [-0.05, 0) is 17.7 Å². The molecule has 0 radical (unpaired) electrons. The number of aromatic nitrogens is 1. The Bertz CT molecular complexity index is 827.